The van der Waals surface area contributed by atoms with Crippen molar-refractivity contribution < 1.29 is 23.9 Å². The van der Waals surface area contributed by atoms with Crippen molar-refractivity contribution in [2.45, 2.75) is 13.8 Å². The second-order valence-electron chi connectivity index (χ2n) is 4.98. The molecular formula is C17H16O5. The van der Waals surface area contributed by atoms with Crippen molar-refractivity contribution in [3.63, 3.8) is 0 Å². The fraction of sp³-hybridized carbons (Fsp3) is 0.235. The molecule has 0 radical (unpaired) electrons. The van der Waals surface area contributed by atoms with Crippen LogP contribution in [0.1, 0.15) is 18.1 Å². The number of carbonyl (C=O) groups is 3. The van der Waals surface area contributed by atoms with Crippen LogP contribution < -0.4 is 4.74 Å². The van der Waals surface area contributed by atoms with Gasteiger partial charge in [-0.3, -0.25) is 14.4 Å². The summed E-state index contributed by atoms with van der Waals surface area (Å²) in [7, 11) is 1.58. The van der Waals surface area contributed by atoms with E-state index in [2.05, 4.69) is 0 Å². The Hall–Kier alpha value is -2.69. The van der Waals surface area contributed by atoms with Crippen molar-refractivity contribution in [3.05, 3.63) is 47.2 Å². The molecule has 22 heavy (non-hydrogen) atoms. The van der Waals surface area contributed by atoms with Crippen molar-refractivity contribution in [1.82, 2.24) is 0 Å². The minimum Gasteiger partial charge on any atom is -0.496 e. The zero-order valence-corrected chi connectivity index (χ0v) is 12.6. The summed E-state index contributed by atoms with van der Waals surface area (Å²) < 4.78 is 9.98. The Morgan fingerprint density at radius 2 is 2.00 bits per heavy atom. The third-order valence-electron chi connectivity index (χ3n) is 3.27. The van der Waals surface area contributed by atoms with Gasteiger partial charge in [-0.15, -0.1) is 0 Å². The SMILES string of the molecule is COc1ccc(C=CC(=O)C2C(=O)C=C(C)OC2=O)cc1C. The number of benzene rings is 1. The highest BCUT2D eigenvalue weighted by Crippen LogP contribution is 2.20. The van der Waals surface area contributed by atoms with Crippen LogP contribution in [0.5, 0.6) is 5.75 Å². The van der Waals surface area contributed by atoms with Crippen LogP contribution in [0.2, 0.25) is 0 Å². The minimum absolute atomic E-state index is 0.203. The van der Waals surface area contributed by atoms with E-state index in [4.69, 9.17) is 9.47 Å². The van der Waals surface area contributed by atoms with Gasteiger partial charge in [0.2, 0.25) is 0 Å². The molecule has 1 atom stereocenters. The van der Waals surface area contributed by atoms with Gasteiger partial charge in [0, 0.05) is 6.08 Å². The Balaban J connectivity index is 2.16. The van der Waals surface area contributed by atoms with Crippen molar-refractivity contribution in [1.29, 1.82) is 0 Å². The molecule has 0 fully saturated rings. The van der Waals surface area contributed by atoms with Crippen LogP contribution in [0.15, 0.2) is 36.1 Å². The molecule has 0 amide bonds. The highest BCUT2D eigenvalue weighted by atomic mass is 16.5. The van der Waals surface area contributed by atoms with Crippen molar-refractivity contribution in [3.8, 4) is 5.75 Å². The molecule has 1 aliphatic rings. The van der Waals surface area contributed by atoms with Gasteiger partial charge < -0.3 is 9.47 Å². The van der Waals surface area contributed by atoms with E-state index in [9.17, 15) is 14.4 Å². The standard InChI is InChI=1S/C17H16O5/c1-10-8-12(5-7-15(10)21-3)4-6-13(18)16-14(19)9-11(2)22-17(16)20/h4-9,16H,1-3H3. The lowest BCUT2D eigenvalue weighted by atomic mass is 9.96. The Kier molecular flexibility index (Phi) is 4.56. The highest BCUT2D eigenvalue weighted by molar-refractivity contribution is 6.25. The van der Waals surface area contributed by atoms with E-state index in [-0.39, 0.29) is 5.76 Å². The fourth-order valence-corrected chi connectivity index (χ4v) is 2.18. The normalized spacial score (nSPS) is 18.1. The summed E-state index contributed by atoms with van der Waals surface area (Å²) in [6, 6.07) is 5.40. The van der Waals surface area contributed by atoms with Gasteiger partial charge in [0.05, 0.1) is 7.11 Å². The number of aryl methyl sites for hydroxylation is 1. The molecule has 2 rings (SSSR count). The first kappa shape index (κ1) is 15.7. The second-order valence-corrected chi connectivity index (χ2v) is 4.98. The largest absolute Gasteiger partial charge is 0.496 e. The predicted octanol–water partition coefficient (Wildman–Crippen LogP) is 2.23. The third-order valence-corrected chi connectivity index (χ3v) is 3.27. The number of esters is 1. The third kappa shape index (κ3) is 3.31. The van der Waals surface area contributed by atoms with E-state index in [0.717, 1.165) is 23.0 Å². The maximum Gasteiger partial charge on any atom is 0.329 e. The number of rotatable bonds is 4. The summed E-state index contributed by atoms with van der Waals surface area (Å²) >= 11 is 0. The molecule has 0 bridgehead atoms. The number of hydrogen-bond acceptors (Lipinski definition) is 5. The van der Waals surface area contributed by atoms with Crippen LogP contribution in [-0.4, -0.2) is 24.6 Å². The zero-order valence-electron chi connectivity index (χ0n) is 12.6. The summed E-state index contributed by atoms with van der Waals surface area (Å²) in [4.78, 5) is 35.5. The topological polar surface area (TPSA) is 69.7 Å². The summed E-state index contributed by atoms with van der Waals surface area (Å²) in [5, 5.41) is 0. The van der Waals surface area contributed by atoms with Crippen LogP contribution in [-0.2, 0) is 19.1 Å². The van der Waals surface area contributed by atoms with E-state index in [1.807, 2.05) is 13.0 Å². The summed E-state index contributed by atoms with van der Waals surface area (Å²) in [5.74, 6) is -2.42. The second kappa shape index (κ2) is 6.39. The molecule has 1 heterocycles. The fourth-order valence-electron chi connectivity index (χ4n) is 2.18. The van der Waals surface area contributed by atoms with Crippen LogP contribution in [0.4, 0.5) is 0 Å². The Labute approximate surface area is 128 Å². The van der Waals surface area contributed by atoms with Gasteiger partial charge in [0.1, 0.15) is 11.5 Å². The van der Waals surface area contributed by atoms with E-state index in [0.29, 0.717) is 0 Å². The van der Waals surface area contributed by atoms with Gasteiger partial charge in [-0.25, -0.2) is 0 Å². The first-order valence-corrected chi connectivity index (χ1v) is 6.73. The first-order chi connectivity index (χ1) is 10.4. The molecule has 1 aromatic rings. The molecule has 5 nitrogen and oxygen atoms in total. The summed E-state index contributed by atoms with van der Waals surface area (Å²) in [6.07, 6.45) is 3.94. The number of ketones is 2. The maximum atomic E-state index is 12.0. The number of methoxy groups -OCH3 is 1. The van der Waals surface area contributed by atoms with Gasteiger partial charge in [0.25, 0.3) is 0 Å². The quantitative estimate of drug-likeness (QED) is 0.484. The van der Waals surface area contributed by atoms with Crippen molar-refractivity contribution in [2.75, 3.05) is 7.11 Å². The lowest BCUT2D eigenvalue weighted by molar-refractivity contribution is -0.151. The van der Waals surface area contributed by atoms with E-state index in [1.165, 1.54) is 13.0 Å². The molecule has 1 unspecified atom stereocenters. The van der Waals surface area contributed by atoms with Gasteiger partial charge in [-0.1, -0.05) is 12.1 Å². The summed E-state index contributed by atoms with van der Waals surface area (Å²) in [5.41, 5.74) is 1.69. The highest BCUT2D eigenvalue weighted by Gasteiger charge is 2.36. The number of cyclic esters (lactones) is 1. The molecule has 5 heteroatoms. The molecule has 1 aliphatic heterocycles. The molecule has 0 N–H and O–H groups in total. The number of allylic oxidation sites excluding steroid dienone is 3. The molecule has 1 aromatic carbocycles. The Bertz CT molecular complexity index is 697. The predicted molar refractivity (Wildman–Crippen MR) is 80.1 cm³/mol. The van der Waals surface area contributed by atoms with Crippen LogP contribution in [0.3, 0.4) is 0 Å². The average molecular weight is 300 g/mol. The maximum absolute atomic E-state index is 12.0. The van der Waals surface area contributed by atoms with Crippen LogP contribution in [0.25, 0.3) is 6.08 Å². The number of carbonyl (C=O) groups excluding carboxylic acids is 3. The Morgan fingerprint density at radius 3 is 2.59 bits per heavy atom. The molecule has 0 saturated heterocycles. The van der Waals surface area contributed by atoms with Crippen molar-refractivity contribution in [2.24, 2.45) is 5.92 Å². The van der Waals surface area contributed by atoms with Gasteiger partial charge >= 0.3 is 5.97 Å². The van der Waals surface area contributed by atoms with Crippen LogP contribution >= 0.6 is 0 Å². The number of hydrogen-bond donors (Lipinski definition) is 0. The average Bonchev–Trinajstić information content (AvgIpc) is 2.44. The van der Waals surface area contributed by atoms with Gasteiger partial charge in [0.15, 0.2) is 17.5 Å². The van der Waals surface area contributed by atoms with E-state index >= 15 is 0 Å². The van der Waals surface area contributed by atoms with Crippen LogP contribution in [0, 0.1) is 12.8 Å². The first-order valence-electron chi connectivity index (χ1n) is 6.73. The molecule has 0 saturated carbocycles. The lowest BCUT2D eigenvalue weighted by Gasteiger charge is -2.15. The Morgan fingerprint density at radius 1 is 1.27 bits per heavy atom. The molecule has 0 aliphatic carbocycles. The van der Waals surface area contributed by atoms with Gasteiger partial charge in [-0.2, -0.15) is 0 Å². The van der Waals surface area contributed by atoms with Crippen molar-refractivity contribution >= 4 is 23.6 Å². The monoisotopic (exact) mass is 300 g/mol. The number of ether oxygens (including phenoxy) is 2. The summed E-state index contributed by atoms with van der Waals surface area (Å²) in [6.45, 7) is 3.38. The molecule has 0 aromatic heterocycles. The van der Waals surface area contributed by atoms with E-state index < -0.39 is 23.5 Å². The van der Waals surface area contributed by atoms with E-state index in [1.54, 1.807) is 25.3 Å². The molecule has 0 spiro atoms. The lowest BCUT2D eigenvalue weighted by Crippen LogP contribution is -2.34. The van der Waals surface area contributed by atoms with Gasteiger partial charge in [-0.05, 0) is 43.2 Å². The zero-order chi connectivity index (χ0) is 16.3. The minimum atomic E-state index is -1.40. The smallest absolute Gasteiger partial charge is 0.329 e. The molecule has 114 valence electrons. The molecular weight excluding hydrogens is 284 g/mol.